The number of hydrogen-bond donors (Lipinski definition) is 1. The molecule has 5 nitrogen and oxygen atoms in total. The van der Waals surface area contributed by atoms with E-state index in [1.165, 1.54) is 0 Å². The summed E-state index contributed by atoms with van der Waals surface area (Å²) in [4.78, 5) is 9.14. The second kappa shape index (κ2) is 5.65. The first kappa shape index (κ1) is 15.7. The molecule has 2 aliphatic rings. The van der Waals surface area contributed by atoms with Crippen LogP contribution in [0.15, 0.2) is 70.2 Å². The monoisotopic (exact) mass is 333 g/mol. The van der Waals surface area contributed by atoms with E-state index < -0.39 is 0 Å². The molecule has 0 saturated heterocycles. The Morgan fingerprint density at radius 2 is 1.84 bits per heavy atom. The van der Waals surface area contributed by atoms with Crippen LogP contribution >= 0.6 is 0 Å². The number of methoxy groups -OCH3 is 1. The van der Waals surface area contributed by atoms with Crippen molar-refractivity contribution < 1.29 is 9.33 Å². The summed E-state index contributed by atoms with van der Waals surface area (Å²) in [6, 6.07) is 12.3. The van der Waals surface area contributed by atoms with Gasteiger partial charge in [0, 0.05) is 5.92 Å². The van der Waals surface area contributed by atoms with Crippen molar-refractivity contribution in [2.45, 2.75) is 13.8 Å². The Bertz CT molecular complexity index is 984. The zero-order valence-corrected chi connectivity index (χ0v) is 14.6. The predicted octanol–water partition coefficient (Wildman–Crippen LogP) is 3.72. The maximum atomic E-state index is 6.71. The van der Waals surface area contributed by atoms with Crippen molar-refractivity contribution in [3.8, 4) is 5.75 Å². The van der Waals surface area contributed by atoms with Crippen LogP contribution in [-0.4, -0.2) is 23.8 Å². The third-order valence-electron chi connectivity index (χ3n) is 4.68. The van der Waals surface area contributed by atoms with Crippen molar-refractivity contribution in [1.29, 1.82) is 0 Å². The molecule has 2 aromatic rings. The number of fused-ring (bicyclic) bond motifs is 2. The molecule has 2 N–H and O–H groups in total. The molecule has 2 heterocycles. The third-order valence-corrected chi connectivity index (χ3v) is 4.68. The number of aliphatic imine (C=N–C) groups is 2. The first-order valence-corrected chi connectivity index (χ1v) is 8.33. The second-order valence-corrected chi connectivity index (χ2v) is 6.64. The van der Waals surface area contributed by atoms with E-state index in [0.717, 1.165) is 39.3 Å². The van der Waals surface area contributed by atoms with Crippen molar-refractivity contribution in [2.75, 3.05) is 7.11 Å². The summed E-state index contributed by atoms with van der Waals surface area (Å²) in [6.45, 7) is 4.25. The normalized spacial score (nSPS) is 21.9. The smallest absolute Gasteiger partial charge is 0.264 e. The molecule has 1 atom stereocenters. The Labute approximate surface area is 147 Å². The van der Waals surface area contributed by atoms with Crippen molar-refractivity contribution in [3.05, 3.63) is 65.8 Å². The molecule has 2 aromatic carbocycles. The lowest BCUT2D eigenvalue weighted by Gasteiger charge is -2.26. The van der Waals surface area contributed by atoms with E-state index >= 15 is 0 Å². The number of rotatable bonds is 3. The van der Waals surface area contributed by atoms with Gasteiger partial charge in [-0.25, -0.2) is 0 Å². The van der Waals surface area contributed by atoms with Gasteiger partial charge >= 0.3 is 0 Å². The largest absolute Gasteiger partial charge is 0.497 e. The lowest BCUT2D eigenvalue weighted by molar-refractivity contribution is -0.750. The predicted molar refractivity (Wildman–Crippen MR) is 101 cm³/mol. The molecule has 0 amide bonds. The van der Waals surface area contributed by atoms with Crippen LogP contribution in [0.1, 0.15) is 19.4 Å². The average molecular weight is 333 g/mol. The summed E-state index contributed by atoms with van der Waals surface area (Å²) in [6.07, 6.45) is 5.42. The fraction of sp³-hybridized carbons (Fsp3) is 0.200. The Hall–Kier alpha value is -2.76. The van der Waals surface area contributed by atoms with Gasteiger partial charge < -0.3 is 4.74 Å². The van der Waals surface area contributed by atoms with Gasteiger partial charge in [0.2, 0.25) is 5.70 Å². The minimum absolute atomic E-state index is 0.0681. The zero-order chi connectivity index (χ0) is 17.6. The highest BCUT2D eigenvalue weighted by molar-refractivity contribution is 6.03. The topological polar surface area (TPSA) is 60.0 Å². The van der Waals surface area contributed by atoms with E-state index in [4.69, 9.17) is 15.6 Å². The molecule has 0 saturated carbocycles. The molecule has 126 valence electrons. The van der Waals surface area contributed by atoms with Crippen molar-refractivity contribution in [2.24, 2.45) is 21.7 Å². The minimum atomic E-state index is 0.0681. The maximum absolute atomic E-state index is 6.71. The van der Waals surface area contributed by atoms with Gasteiger partial charge in [-0.1, -0.05) is 26.0 Å². The highest BCUT2D eigenvalue weighted by Gasteiger charge is 2.44. The number of amidine groups is 1. The minimum Gasteiger partial charge on any atom is -0.497 e. The van der Waals surface area contributed by atoms with Crippen molar-refractivity contribution >= 4 is 22.8 Å². The molecule has 0 radical (unpaired) electrons. The second-order valence-electron chi connectivity index (χ2n) is 6.64. The van der Waals surface area contributed by atoms with Gasteiger partial charge in [-0.3, -0.25) is 4.99 Å². The van der Waals surface area contributed by atoms with E-state index in [0.29, 0.717) is 0 Å². The first-order chi connectivity index (χ1) is 12.0. The third kappa shape index (κ3) is 2.40. The highest BCUT2D eigenvalue weighted by Crippen LogP contribution is 2.34. The molecule has 0 fully saturated rings. The lowest BCUT2D eigenvalue weighted by Crippen LogP contribution is -2.53. The van der Waals surface area contributed by atoms with Crippen LogP contribution < -0.4 is 10.6 Å². The Morgan fingerprint density at radius 1 is 1.08 bits per heavy atom. The van der Waals surface area contributed by atoms with Gasteiger partial charge in [0.15, 0.2) is 0 Å². The zero-order valence-electron chi connectivity index (χ0n) is 14.6. The van der Waals surface area contributed by atoms with Crippen molar-refractivity contribution in [1.82, 2.24) is 0 Å². The van der Waals surface area contributed by atoms with Crippen LogP contribution in [-0.2, 0) is 0 Å². The Balaban J connectivity index is 1.84. The molecule has 5 heteroatoms. The molecular weight excluding hydrogens is 312 g/mol. The lowest BCUT2D eigenvalue weighted by atomic mass is 10.1. The molecule has 4 rings (SSSR count). The van der Waals surface area contributed by atoms with Crippen molar-refractivity contribution in [3.63, 3.8) is 0 Å². The number of allylic oxidation sites excluding steroid dienone is 2. The maximum Gasteiger partial charge on any atom is 0.264 e. The number of hydrogen-bond acceptors (Lipinski definition) is 4. The SMILES string of the molecule is COc1ccc2cc(C3=NC(C(C)C)=C4C=NC=C[N+]34N)ccc2c1. The molecule has 1 unspecified atom stereocenters. The summed E-state index contributed by atoms with van der Waals surface area (Å²) in [7, 11) is 1.68. The first-order valence-electron chi connectivity index (χ1n) is 8.33. The molecule has 0 spiro atoms. The van der Waals surface area contributed by atoms with Crippen LogP contribution in [0.3, 0.4) is 0 Å². The van der Waals surface area contributed by atoms with Gasteiger partial charge in [0.05, 0.1) is 25.1 Å². The van der Waals surface area contributed by atoms with Gasteiger partial charge in [-0.05, 0) is 35.0 Å². The standard InChI is InChI=1S/C20H21N4O/c1-13(2)19-18-12-22-8-9-24(18,21)20(23-19)16-5-4-15-11-17(25-3)7-6-14(15)10-16/h4-13H,21H2,1-3H3/q+1. The van der Waals surface area contributed by atoms with E-state index in [1.807, 2.05) is 24.5 Å². The fourth-order valence-electron chi connectivity index (χ4n) is 3.32. The summed E-state index contributed by atoms with van der Waals surface area (Å²) < 4.78 is 5.37. The van der Waals surface area contributed by atoms with Gasteiger partial charge in [-0.2, -0.15) is 10.8 Å². The molecular formula is C20H21N4O+. The van der Waals surface area contributed by atoms with Crippen LogP contribution in [0, 0.1) is 5.92 Å². The van der Waals surface area contributed by atoms with Crippen LogP contribution in [0.25, 0.3) is 10.8 Å². The number of benzene rings is 2. The molecule has 0 aliphatic carbocycles. The highest BCUT2D eigenvalue weighted by atomic mass is 16.5. The van der Waals surface area contributed by atoms with Crippen LogP contribution in [0.5, 0.6) is 5.75 Å². The molecule has 2 aliphatic heterocycles. The number of ether oxygens (including phenoxy) is 1. The molecule has 25 heavy (non-hydrogen) atoms. The number of nitrogens with zero attached hydrogens (tertiary/aromatic N) is 3. The number of nitrogens with two attached hydrogens (primary N) is 1. The summed E-state index contributed by atoms with van der Waals surface area (Å²) in [5.74, 6) is 8.65. The average Bonchev–Trinajstić information content (AvgIpc) is 2.94. The van der Waals surface area contributed by atoms with E-state index in [1.54, 1.807) is 13.3 Å². The van der Waals surface area contributed by atoms with Gasteiger partial charge in [0.25, 0.3) is 5.84 Å². The van der Waals surface area contributed by atoms with E-state index in [9.17, 15) is 0 Å². The van der Waals surface area contributed by atoms with Gasteiger partial charge in [-0.15, -0.1) is 4.59 Å². The van der Waals surface area contributed by atoms with E-state index in [2.05, 4.69) is 43.1 Å². The number of quaternary nitrogens is 1. The Kier molecular flexibility index (Phi) is 3.56. The summed E-state index contributed by atoms with van der Waals surface area (Å²) in [5, 5.41) is 2.25. The van der Waals surface area contributed by atoms with Crippen LogP contribution in [0.2, 0.25) is 0 Å². The quantitative estimate of drug-likeness (QED) is 0.687. The van der Waals surface area contributed by atoms with Gasteiger partial charge in [0.1, 0.15) is 17.6 Å². The summed E-state index contributed by atoms with van der Waals surface area (Å²) >= 11 is 0. The summed E-state index contributed by atoms with van der Waals surface area (Å²) in [5.41, 5.74) is 2.93. The Morgan fingerprint density at radius 3 is 2.60 bits per heavy atom. The van der Waals surface area contributed by atoms with E-state index in [-0.39, 0.29) is 10.5 Å². The fourth-order valence-corrected chi connectivity index (χ4v) is 3.32. The van der Waals surface area contributed by atoms with Crippen LogP contribution in [0.4, 0.5) is 0 Å². The molecule has 0 bridgehead atoms. The molecule has 0 aromatic heterocycles.